The van der Waals surface area contributed by atoms with Crippen molar-refractivity contribution in [3.63, 3.8) is 0 Å². The summed E-state index contributed by atoms with van der Waals surface area (Å²) in [5.74, 6) is -1.45. The number of amides is 6. The van der Waals surface area contributed by atoms with E-state index in [1.165, 1.54) is 16.7 Å². The van der Waals surface area contributed by atoms with Crippen molar-refractivity contribution in [3.05, 3.63) is 64.1 Å². The minimum absolute atomic E-state index is 0.0216. The number of aromatic nitrogens is 2. The van der Waals surface area contributed by atoms with Crippen LogP contribution < -0.4 is 27.4 Å². The predicted octanol–water partition coefficient (Wildman–Crippen LogP) is 0.812. The lowest BCUT2D eigenvalue weighted by molar-refractivity contribution is -0.145. The summed E-state index contributed by atoms with van der Waals surface area (Å²) in [5.41, 5.74) is 9.30. The monoisotopic (exact) mass is 846 g/mol. The molecule has 1 aliphatic carbocycles. The molecule has 6 amide bonds. The Hall–Kier alpha value is -5.36. The Balaban J connectivity index is 0.863. The Labute approximate surface area is 348 Å². The average Bonchev–Trinajstić information content (AvgIpc) is 3.74. The topological polar surface area (TPSA) is 232 Å². The van der Waals surface area contributed by atoms with Gasteiger partial charge >= 0.3 is 5.69 Å². The van der Waals surface area contributed by atoms with Crippen LogP contribution in [0.25, 0.3) is 11.0 Å². The predicted molar refractivity (Wildman–Crippen MR) is 220 cm³/mol. The molecule has 0 spiro atoms. The molecule has 0 bridgehead atoms. The number of hydrogen-bond donors (Lipinski definition) is 4. The number of carbonyl (C=O) groups excluding carboxylic acids is 6. The van der Waals surface area contributed by atoms with Gasteiger partial charge in [-0.2, -0.15) is 0 Å². The summed E-state index contributed by atoms with van der Waals surface area (Å²) < 4.78 is 26.4. The van der Waals surface area contributed by atoms with Crippen LogP contribution in [0.2, 0.25) is 0 Å². The van der Waals surface area contributed by atoms with Crippen molar-refractivity contribution in [2.24, 2.45) is 24.6 Å². The third kappa shape index (κ3) is 9.33. The number of rotatable bonds is 11. The van der Waals surface area contributed by atoms with E-state index in [4.69, 9.17) is 5.73 Å². The number of carbonyl (C=O) groups is 6. The minimum Gasteiger partial charge on any atom is -0.350 e. The Morgan fingerprint density at radius 1 is 0.850 bits per heavy atom. The number of hydrogen-bond acceptors (Lipinski definition) is 10. The highest BCUT2D eigenvalue weighted by Crippen LogP contribution is 2.35. The zero-order valence-corrected chi connectivity index (χ0v) is 34.9. The second-order valence-corrected chi connectivity index (χ2v) is 19.0. The SMILES string of the molecule is Cn1c(=O)n(C2CCC(=O)NC2=O)c2ccc(CC3CCC(CC(=O)N4CCC5CC[C@@H](C(=O)NCC(=O)NCc6ccc(S(C)(=O)=O)cc6)N5C(=O)[C@@H](N)C4)CC3)cc21. The number of imide groups is 1. The van der Waals surface area contributed by atoms with Crippen LogP contribution in [0.15, 0.2) is 52.2 Å². The Bertz CT molecular complexity index is 2350. The van der Waals surface area contributed by atoms with Gasteiger partial charge in [0.1, 0.15) is 18.1 Å². The van der Waals surface area contributed by atoms with Gasteiger partial charge in [0.05, 0.1) is 22.5 Å². The van der Waals surface area contributed by atoms with Crippen molar-refractivity contribution in [3.8, 4) is 0 Å². The highest BCUT2D eigenvalue weighted by Gasteiger charge is 2.44. The van der Waals surface area contributed by atoms with Crippen LogP contribution in [0.5, 0.6) is 0 Å². The van der Waals surface area contributed by atoms with E-state index in [9.17, 15) is 42.0 Å². The van der Waals surface area contributed by atoms with Gasteiger partial charge in [0.15, 0.2) is 9.84 Å². The van der Waals surface area contributed by atoms with Crippen molar-refractivity contribution in [2.75, 3.05) is 25.9 Å². The lowest BCUT2D eigenvalue weighted by Gasteiger charge is -2.38. The molecule has 3 saturated heterocycles. The molecule has 2 aromatic carbocycles. The van der Waals surface area contributed by atoms with Crippen molar-refractivity contribution < 1.29 is 37.2 Å². The van der Waals surface area contributed by atoms with Crippen LogP contribution in [0.1, 0.15) is 81.4 Å². The number of imidazole rings is 1. The van der Waals surface area contributed by atoms with Crippen LogP contribution in [0, 0.1) is 11.8 Å². The first-order valence-electron chi connectivity index (χ1n) is 20.8. The minimum atomic E-state index is -3.33. The fourth-order valence-corrected chi connectivity index (χ4v) is 10.0. The summed E-state index contributed by atoms with van der Waals surface area (Å²) >= 11 is 0. The highest BCUT2D eigenvalue weighted by molar-refractivity contribution is 7.90. The van der Waals surface area contributed by atoms with Crippen molar-refractivity contribution in [1.29, 1.82) is 0 Å². The molecule has 4 atom stereocenters. The van der Waals surface area contributed by atoms with Crippen LogP contribution >= 0.6 is 0 Å². The number of nitrogens with one attached hydrogen (secondary N) is 3. The average molecular weight is 847 g/mol. The molecule has 17 nitrogen and oxygen atoms in total. The zero-order chi connectivity index (χ0) is 42.9. The summed E-state index contributed by atoms with van der Waals surface area (Å²) in [7, 11) is -1.64. The third-order valence-corrected chi connectivity index (χ3v) is 13.9. The van der Waals surface area contributed by atoms with E-state index < -0.39 is 45.7 Å². The first-order chi connectivity index (χ1) is 28.6. The molecule has 7 rings (SSSR count). The normalized spacial score (nSPS) is 25.0. The smallest absolute Gasteiger partial charge is 0.329 e. The van der Waals surface area contributed by atoms with Gasteiger partial charge in [-0.15, -0.1) is 0 Å². The third-order valence-electron chi connectivity index (χ3n) is 12.8. The maximum Gasteiger partial charge on any atom is 0.329 e. The van der Waals surface area contributed by atoms with E-state index in [1.807, 2.05) is 18.2 Å². The van der Waals surface area contributed by atoms with Crippen LogP contribution in [0.3, 0.4) is 0 Å². The molecule has 2 unspecified atom stereocenters. The van der Waals surface area contributed by atoms with Crippen molar-refractivity contribution >= 4 is 56.3 Å². The second-order valence-electron chi connectivity index (χ2n) is 16.9. The summed E-state index contributed by atoms with van der Waals surface area (Å²) in [5, 5.41) is 7.69. The molecular formula is C42H54N8O9S. The largest absolute Gasteiger partial charge is 0.350 e. The van der Waals surface area contributed by atoms with Gasteiger partial charge in [-0.3, -0.25) is 43.2 Å². The van der Waals surface area contributed by atoms with Crippen molar-refractivity contribution in [1.82, 2.24) is 34.9 Å². The quantitative estimate of drug-likeness (QED) is 0.199. The number of nitrogens with zero attached hydrogens (tertiary/aromatic N) is 4. The van der Waals surface area contributed by atoms with E-state index in [0.29, 0.717) is 49.2 Å². The van der Waals surface area contributed by atoms with Crippen LogP contribution in [0.4, 0.5) is 0 Å². The molecule has 3 aliphatic heterocycles. The standard InChI is InChI=1S/C42H54N8O9S/c1-47-35-20-28(9-13-32(35)50(42(47)57)34-15-16-36(51)46-40(34)55)19-25-3-5-26(6-4-25)21-38(53)48-18-17-29-10-14-33(49(29)41(56)31(43)24-48)39(54)45-23-37(52)44-22-27-7-11-30(12-8-27)60(2,58)59/h7-9,11-13,20,25-26,29,31,33-34H,3-6,10,14-19,21-24,43H2,1-2H3,(H,44,52)(H,45,54)(H,46,51,55)/t25?,26?,29?,31-,33-,34?/m0/s1. The van der Waals surface area contributed by atoms with Crippen molar-refractivity contribution in [2.45, 2.75) is 106 Å². The van der Waals surface area contributed by atoms with Gasteiger partial charge in [-0.1, -0.05) is 18.2 Å². The molecule has 3 aromatic rings. The van der Waals surface area contributed by atoms with E-state index in [0.717, 1.165) is 49.4 Å². The first-order valence-corrected chi connectivity index (χ1v) is 22.7. The number of nitrogens with two attached hydrogens (primary N) is 1. The number of aryl methyl sites for hydroxylation is 1. The van der Waals surface area contributed by atoms with Gasteiger partial charge < -0.3 is 26.2 Å². The molecule has 322 valence electrons. The summed E-state index contributed by atoms with van der Waals surface area (Å²) in [6.45, 7) is 0.347. The van der Waals surface area contributed by atoms with E-state index in [2.05, 4.69) is 16.0 Å². The van der Waals surface area contributed by atoms with Gasteiger partial charge in [0.25, 0.3) is 0 Å². The molecule has 4 fully saturated rings. The summed E-state index contributed by atoms with van der Waals surface area (Å²) in [6, 6.07) is 9.30. The number of fused-ring (bicyclic) bond motifs is 2. The molecular weight excluding hydrogens is 793 g/mol. The van der Waals surface area contributed by atoms with E-state index >= 15 is 0 Å². The molecule has 4 aliphatic rings. The molecule has 5 N–H and O–H groups in total. The fourth-order valence-electron chi connectivity index (χ4n) is 9.40. The molecule has 1 aromatic heterocycles. The van der Waals surface area contributed by atoms with Gasteiger partial charge in [-0.05, 0) is 105 Å². The number of sulfone groups is 1. The number of benzene rings is 2. The van der Waals surface area contributed by atoms with Gasteiger partial charge in [0, 0.05) is 51.8 Å². The van der Waals surface area contributed by atoms with Gasteiger partial charge in [0.2, 0.25) is 35.4 Å². The Morgan fingerprint density at radius 2 is 1.55 bits per heavy atom. The second kappa shape index (κ2) is 17.7. The van der Waals surface area contributed by atoms with Crippen LogP contribution in [-0.2, 0) is 58.6 Å². The van der Waals surface area contributed by atoms with Crippen LogP contribution in [-0.4, -0.2) is 107 Å². The van der Waals surface area contributed by atoms with Gasteiger partial charge in [-0.25, -0.2) is 13.2 Å². The maximum atomic E-state index is 13.7. The molecule has 18 heteroatoms. The highest BCUT2D eigenvalue weighted by atomic mass is 32.2. The van der Waals surface area contributed by atoms with E-state index in [1.54, 1.807) is 33.5 Å². The molecule has 60 heavy (non-hydrogen) atoms. The molecule has 4 heterocycles. The maximum absolute atomic E-state index is 13.7. The first kappa shape index (κ1) is 42.8. The number of piperidine rings is 1. The summed E-state index contributed by atoms with van der Waals surface area (Å²) in [4.78, 5) is 94.0. The lowest BCUT2D eigenvalue weighted by Crippen LogP contribution is -2.59. The Kier molecular flexibility index (Phi) is 12.6. The Morgan fingerprint density at radius 3 is 2.25 bits per heavy atom. The molecule has 0 radical (unpaired) electrons. The zero-order valence-electron chi connectivity index (χ0n) is 34.1. The summed E-state index contributed by atoms with van der Waals surface area (Å²) in [6.07, 6.45) is 7.99. The fraction of sp³-hybridized carbons (Fsp3) is 0.548. The van der Waals surface area contributed by atoms with E-state index in [-0.39, 0.29) is 72.7 Å². The molecule has 1 saturated carbocycles. The lowest BCUT2D eigenvalue weighted by atomic mass is 9.78.